The van der Waals surface area contributed by atoms with Crippen LogP contribution in [0.1, 0.15) is 5.56 Å². The van der Waals surface area contributed by atoms with Gasteiger partial charge in [0.15, 0.2) is 11.5 Å². The minimum absolute atomic E-state index is 0.0331. The van der Waals surface area contributed by atoms with Crippen LogP contribution in [-0.2, 0) is 6.54 Å². The van der Waals surface area contributed by atoms with E-state index < -0.39 is 5.82 Å². The van der Waals surface area contributed by atoms with E-state index in [-0.39, 0.29) is 29.5 Å². The lowest BCUT2D eigenvalue weighted by atomic mass is 10.1. The van der Waals surface area contributed by atoms with Crippen molar-refractivity contribution in [1.29, 1.82) is 0 Å². The van der Waals surface area contributed by atoms with E-state index in [1.165, 1.54) is 21.2 Å². The van der Waals surface area contributed by atoms with Crippen molar-refractivity contribution in [3.8, 4) is 22.8 Å². The largest absolute Gasteiger partial charge is 0.454 e. The number of benzene rings is 2. The summed E-state index contributed by atoms with van der Waals surface area (Å²) >= 11 is 6.09. The first-order chi connectivity index (χ1) is 13.6. The third-order valence-electron chi connectivity index (χ3n) is 4.66. The van der Waals surface area contributed by atoms with Gasteiger partial charge in [0.2, 0.25) is 6.79 Å². The third-order valence-corrected chi connectivity index (χ3v) is 5.02. The molecule has 3 heterocycles. The summed E-state index contributed by atoms with van der Waals surface area (Å²) in [5.74, 6) is 0.867. The van der Waals surface area contributed by atoms with Gasteiger partial charge in [-0.3, -0.25) is 4.79 Å². The highest BCUT2D eigenvalue weighted by atomic mass is 35.5. The van der Waals surface area contributed by atoms with Gasteiger partial charge in [-0.1, -0.05) is 17.7 Å². The zero-order valence-electron chi connectivity index (χ0n) is 14.4. The Hall–Kier alpha value is -3.32. The van der Waals surface area contributed by atoms with Gasteiger partial charge in [-0.15, -0.1) is 0 Å². The van der Waals surface area contributed by atoms with E-state index in [0.29, 0.717) is 22.7 Å². The molecule has 2 aromatic carbocycles. The molecule has 4 aromatic rings. The van der Waals surface area contributed by atoms with Crippen LogP contribution in [0.25, 0.3) is 16.8 Å². The van der Waals surface area contributed by atoms with Crippen LogP contribution in [0.15, 0.2) is 59.7 Å². The van der Waals surface area contributed by atoms with E-state index >= 15 is 0 Å². The Morgan fingerprint density at radius 1 is 1.11 bits per heavy atom. The second-order valence-corrected chi connectivity index (χ2v) is 6.77. The van der Waals surface area contributed by atoms with Gasteiger partial charge in [0.05, 0.1) is 12.2 Å². The van der Waals surface area contributed by atoms with Gasteiger partial charge in [-0.2, -0.15) is 5.10 Å². The maximum atomic E-state index is 14.1. The molecule has 0 saturated heterocycles. The molecule has 0 saturated carbocycles. The van der Waals surface area contributed by atoms with Crippen molar-refractivity contribution in [2.45, 2.75) is 6.54 Å². The molecule has 0 N–H and O–H groups in total. The molecule has 0 spiro atoms. The monoisotopic (exact) mass is 397 g/mol. The lowest BCUT2D eigenvalue weighted by Crippen LogP contribution is -2.22. The molecular formula is C20H13ClFN3O3. The Bertz CT molecular complexity index is 1260. The number of fused-ring (bicyclic) bond motifs is 2. The Labute approximate surface area is 163 Å². The number of rotatable bonds is 3. The van der Waals surface area contributed by atoms with Crippen molar-refractivity contribution in [1.82, 2.24) is 14.2 Å². The number of hydrogen-bond donors (Lipinski definition) is 0. The number of hydrogen-bond acceptors (Lipinski definition) is 4. The molecule has 0 unspecified atom stereocenters. The van der Waals surface area contributed by atoms with Crippen molar-refractivity contribution in [2.24, 2.45) is 0 Å². The minimum atomic E-state index is -0.450. The van der Waals surface area contributed by atoms with E-state index in [1.54, 1.807) is 30.6 Å². The van der Waals surface area contributed by atoms with E-state index in [2.05, 4.69) is 5.10 Å². The first-order valence-corrected chi connectivity index (χ1v) is 8.90. The second kappa shape index (κ2) is 6.38. The van der Waals surface area contributed by atoms with Gasteiger partial charge in [-0.05, 0) is 36.4 Å². The fraction of sp³-hybridized carbons (Fsp3) is 0.100. The highest BCUT2D eigenvalue weighted by molar-refractivity contribution is 6.31. The van der Waals surface area contributed by atoms with Gasteiger partial charge >= 0.3 is 0 Å². The zero-order valence-corrected chi connectivity index (χ0v) is 15.2. The van der Waals surface area contributed by atoms with Crippen molar-refractivity contribution in [2.75, 3.05) is 6.79 Å². The normalized spacial score (nSPS) is 12.6. The molecular weight excluding hydrogens is 385 g/mol. The highest BCUT2D eigenvalue weighted by Crippen LogP contribution is 2.35. The SMILES string of the molecule is O=c1c2cc(-c3ccc4c(c3)OCO4)nn2ccn1Cc1c(F)cccc1Cl. The number of halogens is 2. The van der Waals surface area contributed by atoms with Crippen LogP contribution in [0.2, 0.25) is 5.02 Å². The average molecular weight is 398 g/mol. The number of aromatic nitrogens is 3. The smallest absolute Gasteiger partial charge is 0.276 e. The highest BCUT2D eigenvalue weighted by Gasteiger charge is 2.16. The van der Waals surface area contributed by atoms with Crippen molar-refractivity contribution in [3.63, 3.8) is 0 Å². The molecule has 0 bridgehead atoms. The molecule has 0 aliphatic carbocycles. The summed E-state index contributed by atoms with van der Waals surface area (Å²) in [4.78, 5) is 12.9. The molecule has 8 heteroatoms. The van der Waals surface area contributed by atoms with Crippen LogP contribution in [0.5, 0.6) is 11.5 Å². The fourth-order valence-corrected chi connectivity index (χ4v) is 3.42. The van der Waals surface area contributed by atoms with Gasteiger partial charge in [0.25, 0.3) is 5.56 Å². The summed E-state index contributed by atoms with van der Waals surface area (Å²) < 4.78 is 27.7. The molecule has 6 nitrogen and oxygen atoms in total. The first kappa shape index (κ1) is 16.8. The average Bonchev–Trinajstić information content (AvgIpc) is 3.33. The summed E-state index contributed by atoms with van der Waals surface area (Å²) in [6.45, 7) is 0.221. The first-order valence-electron chi connectivity index (χ1n) is 8.52. The zero-order chi connectivity index (χ0) is 19.3. The van der Waals surface area contributed by atoms with E-state index in [0.717, 1.165) is 5.56 Å². The van der Waals surface area contributed by atoms with Crippen LogP contribution < -0.4 is 15.0 Å². The summed E-state index contributed by atoms with van der Waals surface area (Å²) in [6.07, 6.45) is 3.22. The van der Waals surface area contributed by atoms with Gasteiger partial charge in [-0.25, -0.2) is 8.91 Å². The topological polar surface area (TPSA) is 57.8 Å². The molecule has 1 aliphatic heterocycles. The fourth-order valence-electron chi connectivity index (χ4n) is 3.20. The molecule has 1 aliphatic rings. The minimum Gasteiger partial charge on any atom is -0.454 e. The predicted molar refractivity (Wildman–Crippen MR) is 102 cm³/mol. The molecule has 2 aromatic heterocycles. The molecule has 0 radical (unpaired) electrons. The quantitative estimate of drug-likeness (QED) is 0.528. The Morgan fingerprint density at radius 2 is 1.96 bits per heavy atom. The predicted octanol–water partition coefficient (Wildman–Crippen LogP) is 3.73. The van der Waals surface area contributed by atoms with Crippen molar-refractivity contribution in [3.05, 3.63) is 81.6 Å². The maximum Gasteiger partial charge on any atom is 0.276 e. The molecule has 5 rings (SSSR count). The van der Waals surface area contributed by atoms with Crippen molar-refractivity contribution >= 4 is 17.1 Å². The summed E-state index contributed by atoms with van der Waals surface area (Å²) in [5, 5.41) is 4.74. The molecule has 28 heavy (non-hydrogen) atoms. The third kappa shape index (κ3) is 2.71. The molecule has 140 valence electrons. The van der Waals surface area contributed by atoms with Crippen LogP contribution in [-0.4, -0.2) is 21.0 Å². The van der Waals surface area contributed by atoms with E-state index in [9.17, 15) is 9.18 Å². The van der Waals surface area contributed by atoms with Gasteiger partial charge < -0.3 is 14.0 Å². The molecule has 0 fully saturated rings. The Balaban J connectivity index is 1.56. The van der Waals surface area contributed by atoms with E-state index in [1.807, 2.05) is 12.1 Å². The van der Waals surface area contributed by atoms with Gasteiger partial charge in [0, 0.05) is 28.5 Å². The molecule has 0 amide bonds. The Morgan fingerprint density at radius 3 is 2.82 bits per heavy atom. The standard InChI is InChI=1S/C20H13ClFN3O3/c21-14-2-1-3-15(22)13(14)10-24-6-7-25-17(20(24)26)9-16(23-25)12-4-5-18-19(8-12)28-11-27-18/h1-9H,10-11H2. The number of nitrogens with zero attached hydrogens (tertiary/aromatic N) is 3. The van der Waals surface area contributed by atoms with Gasteiger partial charge in [0.1, 0.15) is 11.3 Å². The lowest BCUT2D eigenvalue weighted by molar-refractivity contribution is 0.174. The van der Waals surface area contributed by atoms with Crippen LogP contribution in [0, 0.1) is 5.82 Å². The molecule has 0 atom stereocenters. The maximum absolute atomic E-state index is 14.1. The summed E-state index contributed by atoms with van der Waals surface area (Å²) in [5.41, 5.74) is 1.78. The van der Waals surface area contributed by atoms with Crippen LogP contribution in [0.3, 0.4) is 0 Å². The van der Waals surface area contributed by atoms with E-state index in [4.69, 9.17) is 21.1 Å². The number of ether oxygens (including phenoxy) is 2. The lowest BCUT2D eigenvalue weighted by Gasteiger charge is -2.08. The summed E-state index contributed by atoms with van der Waals surface area (Å²) in [7, 11) is 0. The second-order valence-electron chi connectivity index (χ2n) is 6.36. The Kier molecular flexibility index (Phi) is 3.84. The summed E-state index contributed by atoms with van der Waals surface area (Å²) in [6, 6.07) is 11.6. The van der Waals surface area contributed by atoms with Crippen molar-refractivity contribution < 1.29 is 13.9 Å². The van der Waals surface area contributed by atoms with Crippen LogP contribution in [0.4, 0.5) is 4.39 Å². The van der Waals surface area contributed by atoms with Crippen LogP contribution >= 0.6 is 11.6 Å².